The molecular weight excluding hydrogens is 388 g/mol. The summed E-state index contributed by atoms with van der Waals surface area (Å²) in [7, 11) is 0. The third-order valence-electron chi connectivity index (χ3n) is 3.54. The summed E-state index contributed by atoms with van der Waals surface area (Å²) in [5, 5.41) is 51.2. The molecule has 3 rings (SSSR count). The zero-order valence-electron chi connectivity index (χ0n) is 14.4. The highest BCUT2D eigenvalue weighted by atomic mass is 16.6. The Morgan fingerprint density at radius 1 is 0.759 bits per heavy atom. The van der Waals surface area contributed by atoms with Gasteiger partial charge in [-0.1, -0.05) is 30.3 Å². The molecule has 29 heavy (non-hydrogen) atoms. The minimum atomic E-state index is -1.21. The molecule has 0 radical (unpaired) electrons. The quantitative estimate of drug-likeness (QED) is 0.300. The van der Waals surface area contributed by atoms with Gasteiger partial charge < -0.3 is 10.3 Å². The van der Waals surface area contributed by atoms with Gasteiger partial charge in [0.05, 0.1) is 26.9 Å². The van der Waals surface area contributed by atoms with E-state index in [1.807, 2.05) is 36.4 Å². The van der Waals surface area contributed by atoms with Crippen molar-refractivity contribution in [1.82, 2.24) is 0 Å². The number of phenolic OH excluding ortho intramolecular Hbond substituents is 1. The predicted octanol–water partition coefficient (Wildman–Crippen LogP) is 3.10. The first-order valence-electron chi connectivity index (χ1n) is 7.75. The van der Waals surface area contributed by atoms with Gasteiger partial charge in [-0.2, -0.15) is 4.73 Å². The molecule has 0 aliphatic carbocycles. The third kappa shape index (κ3) is 5.19. The fourth-order valence-electron chi connectivity index (χ4n) is 2.23. The van der Waals surface area contributed by atoms with Gasteiger partial charge in [-0.25, -0.2) is 0 Å². The van der Waals surface area contributed by atoms with Crippen LogP contribution < -0.4 is 4.73 Å². The lowest BCUT2D eigenvalue weighted by Gasteiger charge is -2.00. The normalized spacial score (nSPS) is 9.79. The molecule has 0 spiro atoms. The summed E-state index contributed by atoms with van der Waals surface area (Å²) < 4.78 is 0.808. The highest BCUT2D eigenvalue weighted by Gasteiger charge is 2.30. The summed E-state index contributed by atoms with van der Waals surface area (Å²) in [5.41, 5.74) is -0.996. The Kier molecular flexibility index (Phi) is 6.32. The van der Waals surface area contributed by atoms with E-state index in [2.05, 4.69) is 0 Å². The van der Waals surface area contributed by atoms with Crippen LogP contribution in [0.25, 0.3) is 11.1 Å². The van der Waals surface area contributed by atoms with Gasteiger partial charge in [0.25, 0.3) is 11.4 Å². The molecule has 12 heteroatoms. The Labute approximate surface area is 161 Å². The van der Waals surface area contributed by atoms with Gasteiger partial charge in [0.15, 0.2) is 12.4 Å². The van der Waals surface area contributed by atoms with Crippen molar-refractivity contribution in [3.63, 3.8) is 0 Å². The van der Waals surface area contributed by atoms with Gasteiger partial charge in [0.1, 0.15) is 0 Å². The van der Waals surface area contributed by atoms with E-state index in [0.717, 1.165) is 15.9 Å². The maximum absolute atomic E-state index is 11.0. The van der Waals surface area contributed by atoms with E-state index in [1.165, 1.54) is 6.20 Å². The van der Waals surface area contributed by atoms with E-state index in [9.17, 15) is 35.6 Å². The van der Waals surface area contributed by atoms with Crippen LogP contribution in [-0.2, 0) is 0 Å². The fraction of sp³-hybridized carbons (Fsp3) is 0. The molecule has 148 valence electrons. The molecule has 0 saturated carbocycles. The summed E-state index contributed by atoms with van der Waals surface area (Å²) >= 11 is 0. The van der Waals surface area contributed by atoms with Crippen LogP contribution in [0.3, 0.4) is 0 Å². The number of pyridine rings is 1. The smallest absolute Gasteiger partial charge is 0.324 e. The minimum absolute atomic E-state index is 0.447. The Hall–Kier alpha value is -4.61. The van der Waals surface area contributed by atoms with Gasteiger partial charge in [-0.05, 0) is 11.6 Å². The van der Waals surface area contributed by atoms with Crippen molar-refractivity contribution in [1.29, 1.82) is 0 Å². The van der Waals surface area contributed by atoms with Crippen LogP contribution in [0.1, 0.15) is 0 Å². The molecule has 0 unspecified atom stereocenters. The van der Waals surface area contributed by atoms with Crippen LogP contribution >= 0.6 is 0 Å². The number of hydrogen-bond acceptors (Lipinski definition) is 8. The van der Waals surface area contributed by atoms with Crippen LogP contribution in [0.5, 0.6) is 5.75 Å². The Balaban J connectivity index is 0.000000211. The molecular formula is C17H12N4O8. The number of nitrogens with zero attached hydrogens (tertiary/aromatic N) is 4. The number of nitro benzene ring substituents is 3. The van der Waals surface area contributed by atoms with Gasteiger partial charge in [0, 0.05) is 11.6 Å². The predicted molar refractivity (Wildman–Crippen MR) is 98.9 cm³/mol. The second-order valence-electron chi connectivity index (χ2n) is 5.42. The van der Waals surface area contributed by atoms with E-state index in [-0.39, 0.29) is 0 Å². The Morgan fingerprint density at radius 3 is 1.72 bits per heavy atom. The zero-order chi connectivity index (χ0) is 21.6. The molecule has 0 aliphatic rings. The van der Waals surface area contributed by atoms with E-state index >= 15 is 0 Å². The molecule has 1 aromatic heterocycles. The summed E-state index contributed by atoms with van der Waals surface area (Å²) in [6.45, 7) is 0. The van der Waals surface area contributed by atoms with Gasteiger partial charge in [-0.15, -0.1) is 0 Å². The average molecular weight is 400 g/mol. The average Bonchev–Trinajstić information content (AvgIpc) is 2.68. The number of aromatic nitrogens is 1. The number of phenols is 1. The Bertz CT molecular complexity index is 1040. The first-order chi connectivity index (χ1) is 13.7. The van der Waals surface area contributed by atoms with Crippen molar-refractivity contribution in [2.45, 2.75) is 0 Å². The SMILES string of the molecule is O=[N+]([O-])c1cc([N+](=O)[O-])c(O)c([N+](=O)[O-])c1.[O-][n+]1cccc(-c2ccccc2)c1. The maximum Gasteiger partial charge on any atom is 0.324 e. The van der Waals surface area contributed by atoms with E-state index in [1.54, 1.807) is 12.3 Å². The number of aromatic hydroxyl groups is 1. The molecule has 0 aliphatic heterocycles. The number of non-ortho nitro benzene ring substituents is 1. The second kappa shape index (κ2) is 8.85. The van der Waals surface area contributed by atoms with Crippen molar-refractivity contribution in [2.24, 2.45) is 0 Å². The van der Waals surface area contributed by atoms with Crippen molar-refractivity contribution in [3.8, 4) is 16.9 Å². The highest BCUT2D eigenvalue weighted by molar-refractivity contribution is 5.64. The molecule has 3 aromatic rings. The van der Waals surface area contributed by atoms with Crippen LogP contribution in [0.2, 0.25) is 0 Å². The summed E-state index contributed by atoms with van der Waals surface area (Å²) in [6, 6.07) is 14.4. The monoisotopic (exact) mass is 400 g/mol. The third-order valence-corrected chi connectivity index (χ3v) is 3.54. The van der Waals surface area contributed by atoms with E-state index < -0.39 is 37.6 Å². The minimum Gasteiger partial charge on any atom is -0.619 e. The number of rotatable bonds is 4. The molecule has 12 nitrogen and oxygen atoms in total. The maximum atomic E-state index is 11.0. The van der Waals surface area contributed by atoms with Gasteiger partial charge in [-0.3, -0.25) is 30.3 Å². The van der Waals surface area contributed by atoms with Crippen LogP contribution in [0, 0.1) is 35.6 Å². The van der Waals surface area contributed by atoms with Gasteiger partial charge in [0.2, 0.25) is 0 Å². The first kappa shape index (κ1) is 20.7. The Morgan fingerprint density at radius 2 is 1.28 bits per heavy atom. The summed E-state index contributed by atoms with van der Waals surface area (Å²) in [4.78, 5) is 27.8. The lowest BCUT2D eigenvalue weighted by molar-refractivity contribution is -0.604. The topological polar surface area (TPSA) is 177 Å². The molecule has 1 N–H and O–H groups in total. The largest absolute Gasteiger partial charge is 0.619 e. The first-order valence-corrected chi connectivity index (χ1v) is 7.75. The number of hydrogen-bond donors (Lipinski definition) is 1. The van der Waals surface area contributed by atoms with Gasteiger partial charge >= 0.3 is 11.4 Å². The van der Waals surface area contributed by atoms with Crippen LogP contribution in [-0.4, -0.2) is 19.9 Å². The molecule has 0 amide bonds. The van der Waals surface area contributed by atoms with Crippen molar-refractivity contribution >= 4 is 17.1 Å². The van der Waals surface area contributed by atoms with Crippen molar-refractivity contribution < 1.29 is 24.6 Å². The standard InChI is InChI=1S/C11H9NO.C6H3N3O7/c13-12-8-4-7-11(9-12)10-5-2-1-3-6-10;10-6-4(8(13)14)1-3(7(11)12)2-5(6)9(15)16/h1-9H;1-2,10H. The van der Waals surface area contributed by atoms with E-state index in [4.69, 9.17) is 5.11 Å². The number of nitro groups is 3. The molecule has 0 fully saturated rings. The number of benzene rings is 2. The van der Waals surface area contributed by atoms with Crippen LogP contribution in [0.15, 0.2) is 67.0 Å². The van der Waals surface area contributed by atoms with Crippen molar-refractivity contribution in [3.05, 3.63) is 103 Å². The van der Waals surface area contributed by atoms with Crippen LogP contribution in [0.4, 0.5) is 17.1 Å². The van der Waals surface area contributed by atoms with Crippen molar-refractivity contribution in [2.75, 3.05) is 0 Å². The molecule has 1 heterocycles. The lowest BCUT2D eigenvalue weighted by atomic mass is 10.1. The second-order valence-corrected chi connectivity index (χ2v) is 5.42. The fourth-order valence-corrected chi connectivity index (χ4v) is 2.23. The van der Waals surface area contributed by atoms with E-state index in [0.29, 0.717) is 12.1 Å². The summed E-state index contributed by atoms with van der Waals surface area (Å²) in [5.74, 6) is -1.21. The molecule has 0 atom stereocenters. The zero-order valence-corrected chi connectivity index (χ0v) is 14.4. The highest BCUT2D eigenvalue weighted by Crippen LogP contribution is 2.38. The summed E-state index contributed by atoms with van der Waals surface area (Å²) in [6.07, 6.45) is 3.04. The molecule has 0 saturated heterocycles. The lowest BCUT2D eigenvalue weighted by Crippen LogP contribution is -2.23. The molecule has 2 aromatic carbocycles. The molecule has 0 bridgehead atoms.